The van der Waals surface area contributed by atoms with Gasteiger partial charge in [-0.2, -0.15) is 5.10 Å². The second-order valence-electron chi connectivity index (χ2n) is 4.54. The summed E-state index contributed by atoms with van der Waals surface area (Å²) in [6, 6.07) is 10.6. The van der Waals surface area contributed by atoms with E-state index in [-0.39, 0.29) is 0 Å². The van der Waals surface area contributed by atoms with Gasteiger partial charge in [0.2, 0.25) is 0 Å². The van der Waals surface area contributed by atoms with Crippen LogP contribution in [0.25, 0.3) is 5.69 Å². The Balaban J connectivity index is 2.14. The summed E-state index contributed by atoms with van der Waals surface area (Å²) >= 11 is 0. The molecule has 1 unspecified atom stereocenters. The first-order valence-electron chi connectivity index (χ1n) is 6.62. The SMILES string of the molecule is CCCCC(NC)c1cnn(-c2ccccc2)c1. The van der Waals surface area contributed by atoms with Gasteiger partial charge in [0, 0.05) is 17.8 Å². The third-order valence-corrected chi connectivity index (χ3v) is 3.22. The third-order valence-electron chi connectivity index (χ3n) is 3.22. The molecule has 1 atom stereocenters. The van der Waals surface area contributed by atoms with Gasteiger partial charge in [0.1, 0.15) is 0 Å². The minimum Gasteiger partial charge on any atom is -0.313 e. The average Bonchev–Trinajstić information content (AvgIpc) is 2.90. The fraction of sp³-hybridized carbons (Fsp3) is 0.400. The van der Waals surface area contributed by atoms with Crippen LogP contribution < -0.4 is 5.32 Å². The topological polar surface area (TPSA) is 29.9 Å². The van der Waals surface area contributed by atoms with Crippen LogP contribution in [0.4, 0.5) is 0 Å². The Morgan fingerprint density at radius 2 is 2.06 bits per heavy atom. The van der Waals surface area contributed by atoms with E-state index < -0.39 is 0 Å². The minimum atomic E-state index is 0.405. The predicted molar refractivity (Wildman–Crippen MR) is 74.9 cm³/mol. The minimum absolute atomic E-state index is 0.405. The molecule has 0 saturated carbocycles. The van der Waals surface area contributed by atoms with Gasteiger partial charge >= 0.3 is 0 Å². The van der Waals surface area contributed by atoms with Crippen LogP contribution in [0.3, 0.4) is 0 Å². The molecule has 1 heterocycles. The predicted octanol–water partition coefficient (Wildman–Crippen LogP) is 3.32. The zero-order chi connectivity index (χ0) is 12.8. The summed E-state index contributed by atoms with van der Waals surface area (Å²) in [5.74, 6) is 0. The van der Waals surface area contributed by atoms with Crippen molar-refractivity contribution in [2.45, 2.75) is 32.2 Å². The molecule has 0 radical (unpaired) electrons. The van der Waals surface area contributed by atoms with Crippen LogP contribution in [0.5, 0.6) is 0 Å². The Labute approximate surface area is 109 Å². The first-order valence-corrected chi connectivity index (χ1v) is 6.62. The van der Waals surface area contributed by atoms with Crippen molar-refractivity contribution >= 4 is 0 Å². The molecule has 0 bridgehead atoms. The number of hydrogen-bond donors (Lipinski definition) is 1. The number of aromatic nitrogens is 2. The van der Waals surface area contributed by atoms with E-state index in [1.165, 1.54) is 18.4 Å². The summed E-state index contributed by atoms with van der Waals surface area (Å²) in [6.07, 6.45) is 7.70. The number of rotatable bonds is 6. The number of nitrogens with zero attached hydrogens (tertiary/aromatic N) is 2. The summed E-state index contributed by atoms with van der Waals surface area (Å²) in [5.41, 5.74) is 2.36. The lowest BCUT2D eigenvalue weighted by atomic mass is 10.1. The van der Waals surface area contributed by atoms with E-state index in [0.29, 0.717) is 6.04 Å². The first kappa shape index (κ1) is 12.8. The average molecular weight is 243 g/mol. The van der Waals surface area contributed by atoms with Crippen LogP contribution in [-0.2, 0) is 0 Å². The third kappa shape index (κ3) is 2.99. The summed E-state index contributed by atoms with van der Waals surface area (Å²) in [4.78, 5) is 0. The zero-order valence-corrected chi connectivity index (χ0v) is 11.1. The van der Waals surface area contributed by atoms with Crippen LogP contribution in [0, 0.1) is 0 Å². The highest BCUT2D eigenvalue weighted by Crippen LogP contribution is 2.19. The second kappa shape index (κ2) is 6.36. The Kier molecular flexibility index (Phi) is 4.53. The van der Waals surface area contributed by atoms with Crippen LogP contribution >= 0.6 is 0 Å². The Morgan fingerprint density at radius 3 is 2.72 bits per heavy atom. The number of para-hydroxylation sites is 1. The van der Waals surface area contributed by atoms with E-state index in [2.05, 4.69) is 35.7 Å². The van der Waals surface area contributed by atoms with Crippen molar-refractivity contribution in [1.29, 1.82) is 0 Å². The van der Waals surface area contributed by atoms with Crippen LogP contribution in [0.15, 0.2) is 42.7 Å². The number of nitrogens with one attached hydrogen (secondary N) is 1. The molecule has 0 spiro atoms. The number of hydrogen-bond acceptors (Lipinski definition) is 2. The number of benzene rings is 1. The maximum atomic E-state index is 4.44. The molecule has 3 heteroatoms. The lowest BCUT2D eigenvalue weighted by Gasteiger charge is -2.13. The Hall–Kier alpha value is -1.61. The summed E-state index contributed by atoms with van der Waals surface area (Å²) < 4.78 is 1.94. The molecule has 1 N–H and O–H groups in total. The van der Waals surface area contributed by atoms with Gasteiger partial charge in [-0.15, -0.1) is 0 Å². The van der Waals surface area contributed by atoms with E-state index in [0.717, 1.165) is 12.1 Å². The quantitative estimate of drug-likeness (QED) is 0.843. The van der Waals surface area contributed by atoms with Gasteiger partial charge in [-0.1, -0.05) is 38.0 Å². The van der Waals surface area contributed by atoms with Crippen molar-refractivity contribution in [2.75, 3.05) is 7.05 Å². The van der Waals surface area contributed by atoms with Gasteiger partial charge < -0.3 is 5.32 Å². The maximum Gasteiger partial charge on any atom is 0.0645 e. The largest absolute Gasteiger partial charge is 0.313 e. The highest BCUT2D eigenvalue weighted by molar-refractivity contribution is 5.31. The molecule has 96 valence electrons. The molecule has 3 nitrogen and oxygen atoms in total. The van der Waals surface area contributed by atoms with Gasteiger partial charge in [-0.05, 0) is 25.6 Å². The van der Waals surface area contributed by atoms with Crippen molar-refractivity contribution in [2.24, 2.45) is 0 Å². The fourth-order valence-electron chi connectivity index (χ4n) is 2.12. The molecular formula is C15H21N3. The van der Waals surface area contributed by atoms with Gasteiger partial charge in [0.25, 0.3) is 0 Å². The molecule has 18 heavy (non-hydrogen) atoms. The molecule has 1 aromatic heterocycles. The Bertz CT molecular complexity index is 462. The highest BCUT2D eigenvalue weighted by atomic mass is 15.3. The monoisotopic (exact) mass is 243 g/mol. The lowest BCUT2D eigenvalue weighted by Crippen LogP contribution is -2.15. The van der Waals surface area contributed by atoms with Crippen molar-refractivity contribution in [3.63, 3.8) is 0 Å². The van der Waals surface area contributed by atoms with Gasteiger partial charge in [-0.25, -0.2) is 4.68 Å². The van der Waals surface area contributed by atoms with Crippen molar-refractivity contribution in [3.8, 4) is 5.69 Å². The van der Waals surface area contributed by atoms with Crippen LogP contribution in [-0.4, -0.2) is 16.8 Å². The highest BCUT2D eigenvalue weighted by Gasteiger charge is 2.11. The first-order chi connectivity index (χ1) is 8.85. The van der Waals surface area contributed by atoms with Crippen LogP contribution in [0.1, 0.15) is 37.8 Å². The molecule has 0 aliphatic rings. The summed E-state index contributed by atoms with van der Waals surface area (Å²) in [5, 5.41) is 7.80. The van der Waals surface area contributed by atoms with E-state index in [4.69, 9.17) is 0 Å². The maximum absolute atomic E-state index is 4.44. The normalized spacial score (nSPS) is 12.6. The smallest absolute Gasteiger partial charge is 0.0645 e. The van der Waals surface area contributed by atoms with E-state index >= 15 is 0 Å². The molecule has 2 rings (SSSR count). The lowest BCUT2D eigenvalue weighted by molar-refractivity contribution is 0.523. The van der Waals surface area contributed by atoms with Crippen molar-refractivity contribution in [3.05, 3.63) is 48.3 Å². The molecule has 0 fully saturated rings. The van der Waals surface area contributed by atoms with Gasteiger partial charge in [0.05, 0.1) is 11.9 Å². The molecule has 0 aliphatic heterocycles. The molecule has 0 aliphatic carbocycles. The van der Waals surface area contributed by atoms with Crippen molar-refractivity contribution < 1.29 is 0 Å². The van der Waals surface area contributed by atoms with E-state index in [1.807, 2.05) is 36.1 Å². The van der Waals surface area contributed by atoms with Gasteiger partial charge in [-0.3, -0.25) is 0 Å². The van der Waals surface area contributed by atoms with Gasteiger partial charge in [0.15, 0.2) is 0 Å². The fourth-order valence-corrected chi connectivity index (χ4v) is 2.12. The molecular weight excluding hydrogens is 222 g/mol. The summed E-state index contributed by atoms with van der Waals surface area (Å²) in [7, 11) is 2.01. The van der Waals surface area contributed by atoms with E-state index in [1.54, 1.807) is 0 Å². The van der Waals surface area contributed by atoms with Crippen LogP contribution in [0.2, 0.25) is 0 Å². The molecule has 1 aromatic carbocycles. The van der Waals surface area contributed by atoms with E-state index in [9.17, 15) is 0 Å². The van der Waals surface area contributed by atoms with Crippen molar-refractivity contribution in [1.82, 2.24) is 15.1 Å². The summed E-state index contributed by atoms with van der Waals surface area (Å²) in [6.45, 7) is 2.22. The Morgan fingerprint density at radius 1 is 1.28 bits per heavy atom. The second-order valence-corrected chi connectivity index (χ2v) is 4.54. The molecule has 0 amide bonds. The molecule has 2 aromatic rings. The zero-order valence-electron chi connectivity index (χ0n) is 11.1. The molecule has 0 saturated heterocycles. The number of unbranched alkanes of at least 4 members (excludes halogenated alkanes) is 1. The standard InChI is InChI=1S/C15H21N3/c1-3-4-10-15(16-2)13-11-17-18(12-13)14-8-6-5-7-9-14/h5-9,11-12,15-16H,3-4,10H2,1-2H3.